The van der Waals surface area contributed by atoms with Crippen LogP contribution in [0, 0.1) is 5.13 Å². The Morgan fingerprint density at radius 1 is 0.974 bits per heavy atom. The first-order valence-corrected chi connectivity index (χ1v) is 13.3. The Balaban J connectivity index is 1.20. The molecule has 0 amide bonds. The minimum atomic E-state index is -0.264. The van der Waals surface area contributed by atoms with Crippen LogP contribution in [0.3, 0.4) is 0 Å². The Kier molecular flexibility index (Phi) is 5.78. The molecule has 1 aliphatic heterocycles. The number of fused-ring (bicyclic) bond motifs is 2. The number of nitrogens with zero attached hydrogens (tertiary/aromatic N) is 6. The number of pyridine rings is 3. The first kappa shape index (κ1) is 22.9. The molecule has 190 valence electrons. The van der Waals surface area contributed by atoms with Crippen molar-refractivity contribution in [3.8, 4) is 39.1 Å². The summed E-state index contributed by atoms with van der Waals surface area (Å²) in [7, 11) is 0. The molecule has 11 heteroatoms. The maximum atomic E-state index is 13.7. The standard InChI is InChI=1S/C27H23FN8OS/c28-22-6-5-21(38-22)25-23-19(7-8-30-25)32-27(33-23)26-24-20(34-35-26)4-3-18(31-24)16-13-17(15-29-14-16)37-12-11-36-9-1-2-10-36/h3-8,13-15H,1-2,9-12H2,(H,32,33)(H,34,35). The maximum Gasteiger partial charge on any atom is 0.177 e. The Morgan fingerprint density at radius 3 is 2.74 bits per heavy atom. The van der Waals surface area contributed by atoms with E-state index in [0.29, 0.717) is 39.7 Å². The van der Waals surface area contributed by atoms with E-state index in [4.69, 9.17) is 14.7 Å². The molecule has 0 aromatic carbocycles. The number of hydrogen-bond acceptors (Lipinski definition) is 8. The van der Waals surface area contributed by atoms with Crippen LogP contribution < -0.4 is 4.74 Å². The molecule has 7 rings (SSSR count). The summed E-state index contributed by atoms with van der Waals surface area (Å²) in [6.45, 7) is 3.84. The fourth-order valence-electron chi connectivity index (χ4n) is 4.83. The summed E-state index contributed by atoms with van der Waals surface area (Å²) in [5.74, 6) is 1.28. The van der Waals surface area contributed by atoms with Crippen LogP contribution in [0.4, 0.5) is 4.39 Å². The Morgan fingerprint density at radius 2 is 1.87 bits per heavy atom. The lowest BCUT2D eigenvalue weighted by Crippen LogP contribution is -2.25. The topological polar surface area (TPSA) is 108 Å². The number of likely N-dealkylation sites (tertiary alicyclic amines) is 1. The highest BCUT2D eigenvalue weighted by Crippen LogP contribution is 2.33. The number of aromatic amines is 2. The summed E-state index contributed by atoms with van der Waals surface area (Å²) in [4.78, 5) is 25.0. The van der Waals surface area contributed by atoms with E-state index in [2.05, 4.69) is 30.0 Å². The molecular formula is C27H23FN8OS. The first-order chi connectivity index (χ1) is 18.7. The average Bonchev–Trinajstić information content (AvgIpc) is 3.74. The van der Waals surface area contributed by atoms with E-state index in [1.807, 2.05) is 24.3 Å². The molecule has 1 saturated heterocycles. The molecule has 0 unspecified atom stereocenters. The number of nitrogens with one attached hydrogen (secondary N) is 2. The molecule has 2 N–H and O–H groups in total. The molecule has 0 radical (unpaired) electrons. The summed E-state index contributed by atoms with van der Waals surface area (Å²) >= 11 is 1.04. The summed E-state index contributed by atoms with van der Waals surface area (Å²) < 4.78 is 19.7. The van der Waals surface area contributed by atoms with Gasteiger partial charge in [-0.2, -0.15) is 9.49 Å². The van der Waals surface area contributed by atoms with Crippen LogP contribution in [-0.4, -0.2) is 66.3 Å². The minimum absolute atomic E-state index is 0.264. The fraction of sp³-hybridized carbons (Fsp3) is 0.222. The molecule has 0 bridgehead atoms. The van der Waals surface area contributed by atoms with Gasteiger partial charge in [-0.3, -0.25) is 20.0 Å². The Bertz CT molecular complexity index is 1750. The number of thiophene rings is 1. The zero-order chi connectivity index (χ0) is 25.5. The number of halogens is 1. The number of aromatic nitrogens is 7. The van der Waals surface area contributed by atoms with Crippen LogP contribution in [0.2, 0.25) is 0 Å². The molecule has 1 aliphatic rings. The third kappa shape index (κ3) is 4.29. The van der Waals surface area contributed by atoms with Crippen molar-refractivity contribution in [1.29, 1.82) is 0 Å². The van der Waals surface area contributed by atoms with Gasteiger partial charge in [0.25, 0.3) is 0 Å². The molecule has 7 heterocycles. The van der Waals surface area contributed by atoms with Crippen LogP contribution in [0.25, 0.3) is 55.4 Å². The third-order valence-corrected chi connectivity index (χ3v) is 7.60. The molecule has 9 nitrogen and oxygen atoms in total. The smallest absolute Gasteiger partial charge is 0.177 e. The summed E-state index contributed by atoms with van der Waals surface area (Å²) in [5, 5.41) is 7.27. The SMILES string of the molecule is Fc1ccc(-c2nccc3[nH]c(-c4n[nH]c5ccc(-c6cncc(OCCN7CCCC7)c6)nc45)nc23)s1. The highest BCUT2D eigenvalue weighted by molar-refractivity contribution is 7.13. The highest BCUT2D eigenvalue weighted by Gasteiger charge is 2.18. The van der Waals surface area contributed by atoms with Crippen LogP contribution in [0.15, 0.2) is 55.0 Å². The number of H-pyrrole nitrogens is 2. The van der Waals surface area contributed by atoms with Crippen LogP contribution >= 0.6 is 11.3 Å². The van der Waals surface area contributed by atoms with Crippen molar-refractivity contribution >= 4 is 33.4 Å². The van der Waals surface area contributed by atoms with Crippen LogP contribution in [0.5, 0.6) is 5.75 Å². The quantitative estimate of drug-likeness (QED) is 0.291. The predicted octanol–water partition coefficient (Wildman–Crippen LogP) is 5.30. The van der Waals surface area contributed by atoms with Crippen LogP contribution in [-0.2, 0) is 0 Å². The van der Waals surface area contributed by atoms with Gasteiger partial charge in [0.1, 0.15) is 29.1 Å². The van der Waals surface area contributed by atoms with E-state index in [-0.39, 0.29) is 5.13 Å². The molecule has 6 aromatic heterocycles. The predicted molar refractivity (Wildman–Crippen MR) is 144 cm³/mol. The molecular weight excluding hydrogens is 503 g/mol. The summed E-state index contributed by atoms with van der Waals surface area (Å²) in [6.07, 6.45) is 7.72. The van der Waals surface area contributed by atoms with Gasteiger partial charge in [-0.25, -0.2) is 9.97 Å². The second-order valence-corrected chi connectivity index (χ2v) is 10.3. The highest BCUT2D eigenvalue weighted by atomic mass is 32.1. The molecule has 0 aliphatic carbocycles. The van der Waals surface area contributed by atoms with Crippen molar-refractivity contribution in [3.63, 3.8) is 0 Å². The van der Waals surface area contributed by atoms with Gasteiger partial charge in [0.2, 0.25) is 0 Å². The fourth-order valence-corrected chi connectivity index (χ4v) is 5.56. The van der Waals surface area contributed by atoms with Crippen molar-refractivity contribution in [2.75, 3.05) is 26.2 Å². The van der Waals surface area contributed by atoms with Gasteiger partial charge in [0.15, 0.2) is 16.6 Å². The zero-order valence-corrected chi connectivity index (χ0v) is 21.1. The van der Waals surface area contributed by atoms with Crippen molar-refractivity contribution in [2.45, 2.75) is 12.8 Å². The summed E-state index contributed by atoms with van der Waals surface area (Å²) in [6, 6.07) is 10.8. The molecule has 6 aromatic rings. The van der Waals surface area contributed by atoms with E-state index < -0.39 is 0 Å². The third-order valence-electron chi connectivity index (χ3n) is 6.72. The number of rotatable bonds is 7. The van der Waals surface area contributed by atoms with Gasteiger partial charge in [0.05, 0.1) is 27.8 Å². The number of ether oxygens (including phenoxy) is 1. The van der Waals surface area contributed by atoms with Crippen molar-refractivity contribution in [2.24, 2.45) is 0 Å². The Hall–Kier alpha value is -4.22. The molecule has 38 heavy (non-hydrogen) atoms. The van der Waals surface area contributed by atoms with E-state index in [0.717, 1.165) is 59.0 Å². The Labute approximate surface area is 220 Å². The normalized spacial score (nSPS) is 14.1. The first-order valence-electron chi connectivity index (χ1n) is 12.5. The molecule has 0 spiro atoms. The van der Waals surface area contributed by atoms with Crippen molar-refractivity contribution in [3.05, 3.63) is 60.1 Å². The van der Waals surface area contributed by atoms with E-state index in [1.165, 1.54) is 18.9 Å². The number of hydrogen-bond donors (Lipinski definition) is 2. The van der Waals surface area contributed by atoms with Gasteiger partial charge in [-0.05, 0) is 62.3 Å². The largest absolute Gasteiger partial charge is 0.491 e. The lowest BCUT2D eigenvalue weighted by Gasteiger charge is -2.15. The number of imidazole rings is 1. The van der Waals surface area contributed by atoms with Gasteiger partial charge in [-0.15, -0.1) is 11.3 Å². The van der Waals surface area contributed by atoms with Crippen molar-refractivity contribution in [1.82, 2.24) is 40.0 Å². The van der Waals surface area contributed by atoms with Gasteiger partial charge in [0, 0.05) is 24.5 Å². The average molecular weight is 527 g/mol. The summed E-state index contributed by atoms with van der Waals surface area (Å²) in [5.41, 5.74) is 5.73. The minimum Gasteiger partial charge on any atom is -0.491 e. The van der Waals surface area contributed by atoms with Gasteiger partial charge in [-0.1, -0.05) is 0 Å². The van der Waals surface area contributed by atoms with Gasteiger partial charge < -0.3 is 9.72 Å². The van der Waals surface area contributed by atoms with E-state index in [9.17, 15) is 4.39 Å². The van der Waals surface area contributed by atoms with Crippen LogP contribution in [0.1, 0.15) is 12.8 Å². The van der Waals surface area contributed by atoms with E-state index in [1.54, 1.807) is 24.7 Å². The van der Waals surface area contributed by atoms with Crippen molar-refractivity contribution < 1.29 is 9.13 Å². The maximum absolute atomic E-state index is 13.7. The van der Waals surface area contributed by atoms with Gasteiger partial charge >= 0.3 is 0 Å². The molecule has 0 atom stereocenters. The lowest BCUT2D eigenvalue weighted by atomic mass is 10.1. The monoisotopic (exact) mass is 526 g/mol. The second kappa shape index (κ2) is 9.58. The second-order valence-electron chi connectivity index (χ2n) is 9.22. The molecule has 0 saturated carbocycles. The molecule has 1 fully saturated rings. The zero-order valence-electron chi connectivity index (χ0n) is 20.3. The van der Waals surface area contributed by atoms with E-state index >= 15 is 0 Å². The lowest BCUT2D eigenvalue weighted by molar-refractivity contribution is 0.237.